The number of hydroxylamine groups is 2. The molecule has 9 rings (SSSR count). The minimum Gasteiger partial charge on any atom is -0.462 e. The zero-order chi connectivity index (χ0) is 41.3. The molecule has 15 heteroatoms. The highest BCUT2D eigenvalue weighted by molar-refractivity contribution is 5.96. The number of rotatable bonds is 14. The summed E-state index contributed by atoms with van der Waals surface area (Å²) in [5.41, 5.74) is -0.111. The van der Waals surface area contributed by atoms with Crippen LogP contribution in [0, 0.1) is 22.7 Å². The lowest BCUT2D eigenvalue weighted by Gasteiger charge is -2.50. The molecule has 2 aromatic carbocycles. The second-order valence-electron chi connectivity index (χ2n) is 17.7. The number of carbonyl (C=O) groups excluding carboxylic acids is 5. The number of benzene rings is 2. The summed E-state index contributed by atoms with van der Waals surface area (Å²) in [6.45, 7) is 3.45. The Labute approximate surface area is 342 Å². The first-order valence-electron chi connectivity index (χ1n) is 20.7. The molecular formula is C44H51N3O12. The van der Waals surface area contributed by atoms with Gasteiger partial charge in [-0.2, -0.15) is 5.06 Å². The van der Waals surface area contributed by atoms with Gasteiger partial charge in [0.2, 0.25) is 17.9 Å². The summed E-state index contributed by atoms with van der Waals surface area (Å²) in [4.78, 5) is 77.4. The van der Waals surface area contributed by atoms with Crippen molar-refractivity contribution in [1.29, 1.82) is 0 Å². The number of fused-ring (bicyclic) bond motifs is 4. The molecule has 4 saturated heterocycles. The predicted molar refractivity (Wildman–Crippen MR) is 206 cm³/mol. The van der Waals surface area contributed by atoms with Crippen molar-refractivity contribution in [2.45, 2.75) is 107 Å². The summed E-state index contributed by atoms with van der Waals surface area (Å²) in [5.74, 6) is -3.32. The average molecular weight is 814 g/mol. The molecule has 2 bridgehead atoms. The summed E-state index contributed by atoms with van der Waals surface area (Å²) in [6.07, 6.45) is 2.70. The first-order chi connectivity index (χ1) is 28.4. The van der Waals surface area contributed by atoms with Gasteiger partial charge in [-0.15, -0.1) is 0 Å². The number of carbonyl (C=O) groups is 5. The molecule has 7 fully saturated rings. The Bertz CT molecular complexity index is 2020. The molecule has 3 saturated carbocycles. The molecule has 0 spiro atoms. The molecule has 8 atom stereocenters. The maximum absolute atomic E-state index is 15.5. The van der Waals surface area contributed by atoms with Crippen LogP contribution in [0.4, 0.5) is 0 Å². The van der Waals surface area contributed by atoms with Crippen LogP contribution in [0.1, 0.15) is 62.6 Å². The van der Waals surface area contributed by atoms with E-state index >= 15 is 4.79 Å². The maximum Gasteiger partial charge on any atom is 0.348 e. The molecule has 4 aliphatic heterocycles. The van der Waals surface area contributed by atoms with Crippen molar-refractivity contribution in [3.63, 3.8) is 0 Å². The van der Waals surface area contributed by atoms with Crippen molar-refractivity contribution < 1.29 is 57.6 Å². The van der Waals surface area contributed by atoms with Gasteiger partial charge in [-0.25, -0.2) is 9.59 Å². The second kappa shape index (κ2) is 15.1. The van der Waals surface area contributed by atoms with Crippen molar-refractivity contribution in [2.24, 2.45) is 22.7 Å². The van der Waals surface area contributed by atoms with E-state index in [1.54, 1.807) is 39.1 Å². The van der Waals surface area contributed by atoms with Gasteiger partial charge in [-0.05, 0) is 48.4 Å². The number of aliphatic hydroxyl groups excluding tert-OH is 1. The van der Waals surface area contributed by atoms with Gasteiger partial charge in [-0.3, -0.25) is 19.2 Å². The van der Waals surface area contributed by atoms with Crippen LogP contribution in [-0.2, 0) is 65.5 Å². The highest BCUT2D eigenvalue weighted by atomic mass is 16.8. The lowest BCUT2D eigenvalue weighted by molar-refractivity contribution is -0.235. The third-order valence-corrected chi connectivity index (χ3v) is 13.2. The van der Waals surface area contributed by atoms with E-state index in [9.17, 15) is 24.3 Å². The molecular weight excluding hydrogens is 762 g/mol. The highest BCUT2D eigenvalue weighted by Gasteiger charge is 2.78. The van der Waals surface area contributed by atoms with Gasteiger partial charge in [0.15, 0.2) is 11.8 Å². The van der Waals surface area contributed by atoms with Crippen LogP contribution in [0.15, 0.2) is 60.7 Å². The number of hydrogen-bond donors (Lipinski definition) is 2. The number of amides is 2. The van der Waals surface area contributed by atoms with Crippen LogP contribution < -0.4 is 5.32 Å². The Kier molecular flexibility index (Phi) is 10.2. The van der Waals surface area contributed by atoms with E-state index in [4.69, 9.17) is 28.5 Å². The van der Waals surface area contributed by atoms with E-state index in [0.717, 1.165) is 31.2 Å². The Morgan fingerprint density at radius 1 is 0.983 bits per heavy atom. The summed E-state index contributed by atoms with van der Waals surface area (Å²) < 4.78 is 30.8. The summed E-state index contributed by atoms with van der Waals surface area (Å²) in [5, 5.41) is 13.8. The lowest BCUT2D eigenvalue weighted by Crippen LogP contribution is -2.70. The highest BCUT2D eigenvalue weighted by Crippen LogP contribution is 2.64. The Hall–Kier alpha value is -4.67. The fourth-order valence-corrected chi connectivity index (χ4v) is 9.91. The summed E-state index contributed by atoms with van der Waals surface area (Å²) >= 11 is 0. The van der Waals surface area contributed by atoms with E-state index in [0.29, 0.717) is 11.1 Å². The Morgan fingerprint density at radius 2 is 1.68 bits per heavy atom. The molecule has 7 aliphatic rings. The van der Waals surface area contributed by atoms with Gasteiger partial charge < -0.3 is 39.0 Å². The lowest BCUT2D eigenvalue weighted by atomic mass is 9.62. The molecule has 4 heterocycles. The van der Waals surface area contributed by atoms with Gasteiger partial charge in [0.25, 0.3) is 0 Å². The van der Waals surface area contributed by atoms with Crippen LogP contribution in [0.2, 0.25) is 0 Å². The molecule has 2 amide bonds. The number of nitrogens with zero attached hydrogens (tertiary/aromatic N) is 2. The number of nitrogens with one attached hydrogen (secondary N) is 1. The van der Waals surface area contributed by atoms with Gasteiger partial charge >= 0.3 is 17.9 Å². The van der Waals surface area contributed by atoms with E-state index in [1.165, 1.54) is 16.0 Å². The van der Waals surface area contributed by atoms with Gasteiger partial charge in [0.05, 0.1) is 13.2 Å². The molecule has 0 radical (unpaired) electrons. The van der Waals surface area contributed by atoms with Crippen molar-refractivity contribution in [2.75, 3.05) is 26.8 Å². The van der Waals surface area contributed by atoms with Crippen molar-refractivity contribution >= 4 is 35.8 Å². The monoisotopic (exact) mass is 813 g/mol. The molecule has 2 N–H and O–H groups in total. The minimum atomic E-state index is -1.54. The van der Waals surface area contributed by atoms with Crippen LogP contribution in [0.3, 0.4) is 0 Å². The molecule has 2 aromatic rings. The van der Waals surface area contributed by atoms with Gasteiger partial charge in [0.1, 0.15) is 42.5 Å². The largest absolute Gasteiger partial charge is 0.462 e. The number of likely N-dealkylation sites (N-methyl/N-ethyl adjacent to an activating group) is 1. The average Bonchev–Trinajstić information content (AvgIpc) is 4.17. The molecule has 0 aromatic heterocycles. The van der Waals surface area contributed by atoms with Crippen molar-refractivity contribution in [3.05, 3.63) is 77.4 Å². The summed E-state index contributed by atoms with van der Waals surface area (Å²) in [6, 6.07) is 14.4. The third kappa shape index (κ3) is 6.94. The third-order valence-electron chi connectivity index (χ3n) is 13.2. The van der Waals surface area contributed by atoms with Crippen LogP contribution >= 0.6 is 0 Å². The van der Waals surface area contributed by atoms with E-state index in [-0.39, 0.29) is 51.0 Å². The molecule has 59 heavy (non-hydrogen) atoms. The van der Waals surface area contributed by atoms with Crippen LogP contribution in [0.5, 0.6) is 0 Å². The number of hydrogen-bond acceptors (Lipinski definition) is 13. The Morgan fingerprint density at radius 3 is 2.36 bits per heavy atom. The van der Waals surface area contributed by atoms with Crippen LogP contribution in [0.25, 0.3) is 6.08 Å². The molecule has 3 aliphatic carbocycles. The fourth-order valence-electron chi connectivity index (χ4n) is 9.91. The zero-order valence-corrected chi connectivity index (χ0v) is 33.5. The summed E-state index contributed by atoms with van der Waals surface area (Å²) in [7, 11) is 1.57. The normalized spacial score (nSPS) is 31.9. The predicted octanol–water partition coefficient (Wildman–Crippen LogP) is 2.47. The first kappa shape index (κ1) is 39.8. The zero-order valence-electron chi connectivity index (χ0n) is 33.5. The second-order valence-corrected chi connectivity index (χ2v) is 17.7. The number of aliphatic hydroxyl groups is 1. The van der Waals surface area contributed by atoms with Gasteiger partial charge in [0, 0.05) is 49.8 Å². The maximum atomic E-state index is 15.5. The molecule has 15 nitrogen and oxygen atoms in total. The quantitative estimate of drug-likeness (QED) is 0.162. The van der Waals surface area contributed by atoms with Gasteiger partial charge in [-0.1, -0.05) is 68.4 Å². The Balaban J connectivity index is 1.05. The van der Waals surface area contributed by atoms with E-state index in [2.05, 4.69) is 5.32 Å². The number of esters is 3. The van der Waals surface area contributed by atoms with Crippen molar-refractivity contribution in [1.82, 2.24) is 15.3 Å². The van der Waals surface area contributed by atoms with E-state index < -0.39 is 88.9 Å². The smallest absolute Gasteiger partial charge is 0.348 e. The number of cyclic esters (lactones) is 1. The van der Waals surface area contributed by atoms with Crippen LogP contribution in [-0.4, -0.2) is 120 Å². The van der Waals surface area contributed by atoms with E-state index in [1.807, 2.05) is 42.5 Å². The first-order valence-corrected chi connectivity index (χ1v) is 20.7. The van der Waals surface area contributed by atoms with Crippen molar-refractivity contribution in [3.8, 4) is 0 Å². The molecule has 8 unspecified atom stereocenters. The topological polar surface area (TPSA) is 179 Å². The standard InChI is InChI=1S/C44H51N3O12/c1-42(2)24-54-40(52)37(42)56-32(49)18-13-26-11-7-8-12-27(26)23-47-35-39(51)55-31-22-43(35,36(59-47)34-33(31)57-44(58-34,28-14-15-28)29-16-17-29)41(53)46(3)30(38(50)45-19-20-48)21-25-9-5-4-6-10-25/h4-13,18,28-31,33-37,48H,14-17,19-24H2,1-3H3,(H,45,50). The number of ether oxygens (including phenoxy) is 5. The SMILES string of the molecule is CN(C(=O)C12CC3OC(=O)C1N(Cc1ccccc1C=CC(=O)OC1C(=O)OCC1(C)C)OC2C1OC(C2CC2)(C2CC2)OC31)C(Cc1ccccc1)C(=O)NCCO. The molecule has 314 valence electrons. The fraction of sp³-hybridized carbons (Fsp3) is 0.568. The minimum absolute atomic E-state index is 0.00384.